The number of carbonyl (C=O) groups excluding carboxylic acids is 1. The number of rotatable bonds is 2. The van der Waals surface area contributed by atoms with Crippen molar-refractivity contribution in [3.8, 4) is 0 Å². The molecule has 1 saturated carbocycles. The maximum atomic E-state index is 11.1. The summed E-state index contributed by atoms with van der Waals surface area (Å²) in [6.07, 6.45) is 6.49. The van der Waals surface area contributed by atoms with Gasteiger partial charge in [-0.3, -0.25) is 0 Å². The van der Waals surface area contributed by atoms with Gasteiger partial charge in [0.1, 0.15) is 0 Å². The Morgan fingerprint density at radius 1 is 1.54 bits per heavy atom. The van der Waals surface area contributed by atoms with Crippen LogP contribution in [-0.4, -0.2) is 18.7 Å². The van der Waals surface area contributed by atoms with Gasteiger partial charge < -0.3 is 10.1 Å². The molecule has 13 heavy (non-hydrogen) atoms. The largest absolute Gasteiger partial charge is 0.450 e. The molecular weight excluding hydrogens is 166 g/mol. The number of hydrogen-bond donors (Lipinski definition) is 1. The average molecular weight is 181 g/mol. The van der Waals surface area contributed by atoms with Gasteiger partial charge >= 0.3 is 6.09 Å². The summed E-state index contributed by atoms with van der Waals surface area (Å²) in [5.41, 5.74) is 0. The molecule has 2 aliphatic carbocycles. The van der Waals surface area contributed by atoms with Gasteiger partial charge in [0.15, 0.2) is 0 Å². The molecule has 0 heterocycles. The fraction of sp³-hybridized carbons (Fsp3) is 0.700. The molecule has 0 aromatic heterocycles. The third kappa shape index (κ3) is 1.69. The number of nitrogens with one attached hydrogen (secondary N) is 1. The number of hydrogen-bond acceptors (Lipinski definition) is 2. The fourth-order valence-corrected chi connectivity index (χ4v) is 2.27. The first kappa shape index (κ1) is 8.60. The Morgan fingerprint density at radius 3 is 2.92 bits per heavy atom. The lowest BCUT2D eigenvalue weighted by atomic mass is 10.0. The van der Waals surface area contributed by atoms with Crippen LogP contribution in [0.15, 0.2) is 12.2 Å². The summed E-state index contributed by atoms with van der Waals surface area (Å²) in [4.78, 5) is 11.1. The zero-order valence-corrected chi connectivity index (χ0v) is 7.82. The van der Waals surface area contributed by atoms with Gasteiger partial charge in [-0.25, -0.2) is 4.79 Å². The Labute approximate surface area is 78.1 Å². The van der Waals surface area contributed by atoms with Gasteiger partial charge in [-0.05, 0) is 31.6 Å². The van der Waals surface area contributed by atoms with Crippen LogP contribution < -0.4 is 5.32 Å². The highest BCUT2D eigenvalue weighted by molar-refractivity contribution is 5.67. The first-order valence-corrected chi connectivity index (χ1v) is 4.91. The van der Waals surface area contributed by atoms with Gasteiger partial charge in [0.05, 0.1) is 6.61 Å². The van der Waals surface area contributed by atoms with Crippen LogP contribution in [0.4, 0.5) is 4.79 Å². The molecule has 0 aliphatic heterocycles. The van der Waals surface area contributed by atoms with Gasteiger partial charge in [0.2, 0.25) is 0 Å². The normalized spacial score (nSPS) is 35.0. The summed E-state index contributed by atoms with van der Waals surface area (Å²) in [5.74, 6) is 1.24. The van der Waals surface area contributed by atoms with Crippen LogP contribution >= 0.6 is 0 Å². The number of alkyl carbamates (subject to hydrolysis) is 1. The number of fused-ring (bicyclic) bond motifs is 2. The lowest BCUT2D eigenvalue weighted by Gasteiger charge is -2.18. The molecule has 2 bridgehead atoms. The zero-order chi connectivity index (χ0) is 9.26. The molecule has 3 heteroatoms. The van der Waals surface area contributed by atoms with E-state index < -0.39 is 0 Å². The van der Waals surface area contributed by atoms with Crippen molar-refractivity contribution >= 4 is 6.09 Å². The van der Waals surface area contributed by atoms with Crippen molar-refractivity contribution in [1.29, 1.82) is 0 Å². The standard InChI is InChI=1S/C10H15NO2/c1-2-13-10(12)11-9-6-7-3-4-8(9)5-7/h3-4,7-9H,2,5-6H2,1H3,(H,11,12). The smallest absolute Gasteiger partial charge is 0.407 e. The molecule has 0 radical (unpaired) electrons. The van der Waals surface area contributed by atoms with Crippen LogP contribution in [-0.2, 0) is 4.74 Å². The van der Waals surface area contributed by atoms with Crippen molar-refractivity contribution in [3.63, 3.8) is 0 Å². The number of amides is 1. The van der Waals surface area contributed by atoms with E-state index in [2.05, 4.69) is 17.5 Å². The molecule has 0 spiro atoms. The van der Waals surface area contributed by atoms with E-state index in [-0.39, 0.29) is 6.09 Å². The third-order valence-electron chi connectivity index (χ3n) is 2.86. The second kappa shape index (κ2) is 3.40. The van der Waals surface area contributed by atoms with E-state index in [1.54, 1.807) is 0 Å². The van der Waals surface area contributed by atoms with Crippen molar-refractivity contribution < 1.29 is 9.53 Å². The maximum Gasteiger partial charge on any atom is 0.407 e. The number of allylic oxidation sites excluding steroid dienone is 1. The highest BCUT2D eigenvalue weighted by atomic mass is 16.5. The molecule has 1 amide bonds. The predicted molar refractivity (Wildman–Crippen MR) is 49.3 cm³/mol. The monoisotopic (exact) mass is 181 g/mol. The second-order valence-corrected chi connectivity index (χ2v) is 3.75. The number of carbonyl (C=O) groups is 1. The van der Waals surface area contributed by atoms with Gasteiger partial charge in [0, 0.05) is 6.04 Å². The fourth-order valence-electron chi connectivity index (χ4n) is 2.27. The van der Waals surface area contributed by atoms with E-state index in [0.29, 0.717) is 24.5 Å². The first-order chi connectivity index (χ1) is 6.29. The number of ether oxygens (including phenoxy) is 1. The molecule has 0 aromatic carbocycles. The highest BCUT2D eigenvalue weighted by Gasteiger charge is 2.36. The molecule has 2 rings (SSSR count). The van der Waals surface area contributed by atoms with Crippen molar-refractivity contribution in [1.82, 2.24) is 5.32 Å². The van der Waals surface area contributed by atoms with Crippen molar-refractivity contribution in [2.45, 2.75) is 25.8 Å². The Kier molecular flexibility index (Phi) is 2.25. The van der Waals surface area contributed by atoms with Crippen molar-refractivity contribution in [3.05, 3.63) is 12.2 Å². The zero-order valence-electron chi connectivity index (χ0n) is 7.82. The summed E-state index contributed by atoms with van der Waals surface area (Å²) < 4.78 is 4.84. The van der Waals surface area contributed by atoms with E-state index in [0.717, 1.165) is 6.42 Å². The Morgan fingerprint density at radius 2 is 2.38 bits per heavy atom. The minimum absolute atomic E-state index is 0.270. The summed E-state index contributed by atoms with van der Waals surface area (Å²) in [5, 5.41) is 2.90. The molecule has 1 N–H and O–H groups in total. The minimum atomic E-state index is -0.270. The second-order valence-electron chi connectivity index (χ2n) is 3.75. The SMILES string of the molecule is CCOC(=O)NC1CC2C=CC1C2. The third-order valence-corrected chi connectivity index (χ3v) is 2.86. The van der Waals surface area contributed by atoms with Gasteiger partial charge in [0.25, 0.3) is 0 Å². The Balaban J connectivity index is 1.83. The molecule has 72 valence electrons. The summed E-state index contributed by atoms with van der Waals surface area (Å²) in [6.45, 7) is 2.27. The molecule has 0 saturated heterocycles. The van der Waals surface area contributed by atoms with Gasteiger partial charge in [-0.15, -0.1) is 0 Å². The van der Waals surface area contributed by atoms with Gasteiger partial charge in [-0.2, -0.15) is 0 Å². The van der Waals surface area contributed by atoms with Crippen LogP contribution in [0.5, 0.6) is 0 Å². The molecule has 2 aliphatic rings. The average Bonchev–Trinajstić information content (AvgIpc) is 2.65. The van der Waals surface area contributed by atoms with Crippen molar-refractivity contribution in [2.24, 2.45) is 11.8 Å². The minimum Gasteiger partial charge on any atom is -0.450 e. The van der Waals surface area contributed by atoms with Crippen LogP contribution in [0, 0.1) is 11.8 Å². The molecule has 3 unspecified atom stereocenters. The van der Waals surface area contributed by atoms with Crippen LogP contribution in [0.3, 0.4) is 0 Å². The molecule has 3 atom stereocenters. The first-order valence-electron chi connectivity index (χ1n) is 4.91. The molecule has 1 fully saturated rings. The van der Waals surface area contributed by atoms with E-state index >= 15 is 0 Å². The van der Waals surface area contributed by atoms with Crippen LogP contribution in [0.25, 0.3) is 0 Å². The van der Waals surface area contributed by atoms with E-state index in [1.807, 2.05) is 6.92 Å². The predicted octanol–water partition coefficient (Wildman–Crippen LogP) is 1.70. The van der Waals surface area contributed by atoms with E-state index in [9.17, 15) is 4.79 Å². The Hall–Kier alpha value is -0.990. The summed E-state index contributed by atoms with van der Waals surface area (Å²) in [6, 6.07) is 0.314. The van der Waals surface area contributed by atoms with Gasteiger partial charge in [-0.1, -0.05) is 12.2 Å². The molecular formula is C10H15NO2. The van der Waals surface area contributed by atoms with Crippen LogP contribution in [0.1, 0.15) is 19.8 Å². The summed E-state index contributed by atoms with van der Waals surface area (Å²) in [7, 11) is 0. The topological polar surface area (TPSA) is 38.3 Å². The van der Waals surface area contributed by atoms with E-state index in [4.69, 9.17) is 4.74 Å². The maximum absolute atomic E-state index is 11.1. The van der Waals surface area contributed by atoms with Crippen LogP contribution in [0.2, 0.25) is 0 Å². The highest BCUT2D eigenvalue weighted by Crippen LogP contribution is 2.38. The van der Waals surface area contributed by atoms with E-state index in [1.165, 1.54) is 6.42 Å². The molecule has 3 nitrogen and oxygen atoms in total. The lowest BCUT2D eigenvalue weighted by Crippen LogP contribution is -2.37. The Bertz CT molecular complexity index is 237. The lowest BCUT2D eigenvalue weighted by molar-refractivity contribution is 0.146. The van der Waals surface area contributed by atoms with Crippen molar-refractivity contribution in [2.75, 3.05) is 6.61 Å². The quantitative estimate of drug-likeness (QED) is 0.658. The summed E-state index contributed by atoms with van der Waals surface area (Å²) >= 11 is 0. The molecule has 0 aromatic rings.